The van der Waals surface area contributed by atoms with Crippen LogP contribution in [-0.2, 0) is 49.4 Å². The van der Waals surface area contributed by atoms with E-state index in [0.717, 1.165) is 30.6 Å². The minimum Gasteiger partial charge on any atom is -0.456 e. The molecule has 2 saturated heterocycles. The third-order valence-corrected chi connectivity index (χ3v) is 16.8. The zero-order chi connectivity index (χ0) is 54.1. The Hall–Kier alpha value is -4.96. The summed E-state index contributed by atoms with van der Waals surface area (Å²) in [7, 11) is 5.21. The number of amides is 1. The largest absolute Gasteiger partial charge is 0.456 e. The van der Waals surface area contributed by atoms with Gasteiger partial charge in [0.2, 0.25) is 5.79 Å². The van der Waals surface area contributed by atoms with Gasteiger partial charge < -0.3 is 48.3 Å². The first-order valence-corrected chi connectivity index (χ1v) is 27.6. The number of carbonyl (C=O) groups is 4. The topological polar surface area (TPSA) is 166 Å². The van der Waals surface area contributed by atoms with Gasteiger partial charge in [-0.25, -0.2) is 4.79 Å². The minimum absolute atomic E-state index is 0.00318. The van der Waals surface area contributed by atoms with Crippen LogP contribution in [0.4, 0.5) is 5.69 Å². The molecule has 1 aromatic heterocycles. The highest BCUT2D eigenvalue weighted by Crippen LogP contribution is 2.40. The summed E-state index contributed by atoms with van der Waals surface area (Å²) in [5.41, 5.74) is 5.19. The van der Waals surface area contributed by atoms with E-state index in [1.807, 2.05) is 32.9 Å². The van der Waals surface area contributed by atoms with Gasteiger partial charge in [0.05, 0.1) is 30.5 Å². The molecular formula is C61H85N3O11. The Morgan fingerprint density at radius 3 is 2.37 bits per heavy atom. The Bertz CT molecular complexity index is 2500. The average Bonchev–Trinajstić information content (AvgIpc) is 3.80. The molecule has 14 nitrogen and oxygen atoms in total. The van der Waals surface area contributed by atoms with Crippen molar-refractivity contribution in [2.75, 3.05) is 39.3 Å². The number of ether oxygens (including phenoxy) is 5. The molecule has 0 spiro atoms. The number of nitrogens with zero attached hydrogens (tertiary/aromatic N) is 3. The van der Waals surface area contributed by atoms with E-state index < -0.39 is 77.8 Å². The molecule has 0 radical (unpaired) electrons. The Morgan fingerprint density at radius 2 is 1.67 bits per heavy atom. The summed E-state index contributed by atoms with van der Waals surface area (Å²) in [6, 6.07) is 18.2. The highest BCUT2D eigenvalue weighted by Gasteiger charge is 2.56. The number of aromatic nitrogens is 1. The lowest BCUT2D eigenvalue weighted by Gasteiger charge is -2.47. The van der Waals surface area contributed by atoms with Gasteiger partial charge in [0.1, 0.15) is 24.0 Å². The van der Waals surface area contributed by atoms with Crippen LogP contribution in [0.2, 0.25) is 0 Å². The van der Waals surface area contributed by atoms with Crippen molar-refractivity contribution in [1.29, 1.82) is 0 Å². The molecule has 75 heavy (non-hydrogen) atoms. The van der Waals surface area contributed by atoms with Crippen molar-refractivity contribution in [3.8, 4) is 0 Å². The first-order chi connectivity index (χ1) is 35.9. The fraction of sp³-hybridized carbons (Fsp3) is 0.607. The number of Topliss-reactive ketones (excluding diaryl/α,β-unsaturated/α-hetero) is 2. The third kappa shape index (κ3) is 13.4. The molecule has 1 saturated carbocycles. The molecule has 1 aliphatic carbocycles. The number of carbonyl (C=O) groups excluding carboxylic acids is 4. The summed E-state index contributed by atoms with van der Waals surface area (Å²) in [5.74, 6) is -7.69. The van der Waals surface area contributed by atoms with Crippen LogP contribution in [-0.4, -0.2) is 132 Å². The van der Waals surface area contributed by atoms with E-state index in [1.54, 1.807) is 27.0 Å². The number of aliphatic hydroxyl groups excluding tert-OH is 1. The van der Waals surface area contributed by atoms with E-state index in [-0.39, 0.29) is 55.6 Å². The number of benzene rings is 2. The van der Waals surface area contributed by atoms with Gasteiger partial charge in [-0.2, -0.15) is 0 Å². The zero-order valence-corrected chi connectivity index (χ0v) is 46.0. The van der Waals surface area contributed by atoms with Gasteiger partial charge >= 0.3 is 5.97 Å². The standard InChI is InChI=1S/C61H85N3O11/c1-11-18-46-30-38(3)29-39(4)31-54(71-9)57-55(72-10)33-41(6)61(70,75-57)58(67)59(68)64-27-17-16-21-50(64)60(69)74-56(42(7)51(65)36-52(46)66)40(5)32-44-22-24-49(53(34-44)73-12-2)62(8)47-23-25-48-45(35-47)26-28-63(48)37-43-19-14-13-15-20-43/h11,13-15,19-20,23,25-26,28,30,32,35,39,41-42,44,46,49-51,53-57,65,70H,1,12,16-18,21-22,24,27,29,31,33-34,36-37H2,2-10H3/b38-30+,40-32?. The molecule has 2 N–H and O–H groups in total. The van der Waals surface area contributed by atoms with Crippen molar-refractivity contribution in [3.63, 3.8) is 0 Å². The van der Waals surface area contributed by atoms with Crippen LogP contribution < -0.4 is 4.90 Å². The van der Waals surface area contributed by atoms with Crippen LogP contribution in [0.25, 0.3) is 10.9 Å². The number of piperidine rings is 1. The van der Waals surface area contributed by atoms with E-state index in [2.05, 4.69) is 90.8 Å². The van der Waals surface area contributed by atoms with Gasteiger partial charge in [0, 0.05) is 87.9 Å². The molecule has 2 aromatic carbocycles. The molecule has 1 amide bonds. The van der Waals surface area contributed by atoms with Crippen molar-refractivity contribution in [2.24, 2.45) is 29.6 Å². The van der Waals surface area contributed by atoms with E-state index in [0.29, 0.717) is 50.7 Å². The highest BCUT2D eigenvalue weighted by molar-refractivity contribution is 6.39. The van der Waals surface area contributed by atoms with Crippen LogP contribution in [0.15, 0.2) is 96.7 Å². The number of cyclic esters (lactones) is 1. The highest BCUT2D eigenvalue weighted by atomic mass is 16.7. The number of allylic oxidation sites excluding steroid dienone is 4. The number of anilines is 1. The van der Waals surface area contributed by atoms with E-state index in [9.17, 15) is 29.4 Å². The Labute approximate surface area is 445 Å². The lowest BCUT2D eigenvalue weighted by molar-refractivity contribution is -0.302. The van der Waals surface area contributed by atoms with E-state index in [1.165, 1.54) is 28.5 Å². The predicted molar refractivity (Wildman–Crippen MR) is 291 cm³/mol. The van der Waals surface area contributed by atoms with Gasteiger partial charge in [-0.3, -0.25) is 14.4 Å². The van der Waals surface area contributed by atoms with Gasteiger partial charge in [-0.15, -0.1) is 6.58 Å². The van der Waals surface area contributed by atoms with Crippen molar-refractivity contribution >= 4 is 40.0 Å². The number of fused-ring (bicyclic) bond motifs is 4. The van der Waals surface area contributed by atoms with Crippen molar-refractivity contribution < 1.29 is 53.1 Å². The number of hydrogen-bond donors (Lipinski definition) is 2. The van der Waals surface area contributed by atoms with Crippen molar-refractivity contribution in [1.82, 2.24) is 9.47 Å². The number of rotatable bonds is 12. The molecule has 14 heteroatoms. The summed E-state index contributed by atoms with van der Waals surface area (Å²) in [6.45, 7) is 16.7. The summed E-state index contributed by atoms with van der Waals surface area (Å²) >= 11 is 0. The molecule has 14 unspecified atom stereocenters. The quantitative estimate of drug-likeness (QED) is 0.101. The Balaban J connectivity index is 1.17. The molecule has 2 bridgehead atoms. The van der Waals surface area contributed by atoms with Gasteiger partial charge in [0.15, 0.2) is 0 Å². The monoisotopic (exact) mass is 1040 g/mol. The molecule has 4 heterocycles. The normalized spacial score (nSPS) is 34.0. The third-order valence-electron chi connectivity index (χ3n) is 16.8. The first kappa shape index (κ1) is 57.7. The number of ketones is 2. The molecule has 3 aliphatic heterocycles. The molecule has 14 atom stereocenters. The molecule has 7 rings (SSSR count). The second kappa shape index (κ2) is 25.9. The second-order valence-electron chi connectivity index (χ2n) is 22.3. The fourth-order valence-corrected chi connectivity index (χ4v) is 12.5. The van der Waals surface area contributed by atoms with Gasteiger partial charge in [0.25, 0.3) is 11.7 Å². The average molecular weight is 1040 g/mol. The summed E-state index contributed by atoms with van der Waals surface area (Å²) in [6.07, 6.45) is 8.69. The SMILES string of the molecule is C=CCC1/C=C(\C)CC(C)CC(OC)C2OC(O)(C(=O)C(=O)N3CCCCC3C(=O)OC(C(C)=CC3CCC(N(C)c4ccc5c(ccn5Cc5ccccc5)c4)C(OCC)C3)C(C)C(O)CC1=O)C(C)CC2OC. The van der Waals surface area contributed by atoms with Crippen LogP contribution in [0.1, 0.15) is 118 Å². The molecule has 4 aliphatic rings. The number of hydrogen-bond acceptors (Lipinski definition) is 12. The van der Waals surface area contributed by atoms with Gasteiger partial charge in [-0.05, 0) is 132 Å². The second-order valence-corrected chi connectivity index (χ2v) is 22.3. The van der Waals surface area contributed by atoms with Gasteiger partial charge in [-0.1, -0.05) is 74.9 Å². The smallest absolute Gasteiger partial charge is 0.329 e. The summed E-state index contributed by atoms with van der Waals surface area (Å²) < 4.78 is 33.5. The van der Waals surface area contributed by atoms with E-state index >= 15 is 0 Å². The molecule has 3 aromatic rings. The maximum atomic E-state index is 14.7. The zero-order valence-electron chi connectivity index (χ0n) is 46.0. The Kier molecular flexibility index (Phi) is 20.0. The van der Waals surface area contributed by atoms with Crippen molar-refractivity contribution in [2.45, 2.75) is 173 Å². The van der Waals surface area contributed by atoms with Crippen LogP contribution in [0.3, 0.4) is 0 Å². The van der Waals surface area contributed by atoms with Crippen LogP contribution >= 0.6 is 0 Å². The Morgan fingerprint density at radius 1 is 0.933 bits per heavy atom. The molecule has 3 fully saturated rings. The first-order valence-electron chi connectivity index (χ1n) is 27.6. The lowest BCUT2D eigenvalue weighted by Crippen LogP contribution is -2.64. The molecular weight excluding hydrogens is 951 g/mol. The number of likely N-dealkylation sites (N-methyl/N-ethyl adjacent to an activating group) is 1. The van der Waals surface area contributed by atoms with Crippen molar-refractivity contribution in [3.05, 3.63) is 102 Å². The van der Waals surface area contributed by atoms with Crippen LogP contribution in [0, 0.1) is 29.6 Å². The molecule has 410 valence electrons. The minimum atomic E-state index is -2.52. The fourth-order valence-electron chi connectivity index (χ4n) is 12.5. The number of esters is 1. The maximum absolute atomic E-state index is 14.7. The maximum Gasteiger partial charge on any atom is 0.329 e. The summed E-state index contributed by atoms with van der Waals surface area (Å²) in [5, 5.41) is 25.4. The van der Waals surface area contributed by atoms with E-state index in [4.69, 9.17) is 23.7 Å². The number of methoxy groups -OCH3 is 2. The summed E-state index contributed by atoms with van der Waals surface area (Å²) in [4.78, 5) is 61.5. The lowest BCUT2D eigenvalue weighted by atomic mass is 9.80. The van der Waals surface area contributed by atoms with Crippen LogP contribution in [0.5, 0.6) is 0 Å². The predicted octanol–water partition coefficient (Wildman–Crippen LogP) is 9.18. The number of aliphatic hydroxyl groups is 2.